The summed E-state index contributed by atoms with van der Waals surface area (Å²) in [5.74, 6) is 0.576. The largest absolute Gasteiger partial charge is 0.481 e. The molecule has 3 aromatic rings. The van der Waals surface area contributed by atoms with E-state index < -0.39 is 0 Å². The van der Waals surface area contributed by atoms with Crippen molar-refractivity contribution in [3.05, 3.63) is 42.9 Å². The molecule has 0 N–H and O–H groups in total. The van der Waals surface area contributed by atoms with Gasteiger partial charge in [0.1, 0.15) is 0 Å². The summed E-state index contributed by atoms with van der Waals surface area (Å²) in [6.07, 6.45) is 5.31. The van der Waals surface area contributed by atoms with Crippen LogP contribution in [-0.2, 0) is 0 Å². The van der Waals surface area contributed by atoms with Crippen molar-refractivity contribution in [3.8, 4) is 17.1 Å². The van der Waals surface area contributed by atoms with Crippen LogP contribution < -0.4 is 4.74 Å². The lowest BCUT2D eigenvalue weighted by atomic mass is 10.2. The van der Waals surface area contributed by atoms with Gasteiger partial charge in [-0.05, 0) is 18.2 Å². The van der Waals surface area contributed by atoms with E-state index in [0.29, 0.717) is 5.88 Å². The second-order valence-electron chi connectivity index (χ2n) is 3.54. The average Bonchev–Trinajstić information content (AvgIpc) is 2.82. The average molecular weight is 263 g/mol. The van der Waals surface area contributed by atoms with Crippen molar-refractivity contribution < 1.29 is 4.74 Å². The van der Waals surface area contributed by atoms with Crippen LogP contribution >= 0.6 is 12.4 Å². The first-order chi connectivity index (χ1) is 8.36. The lowest BCUT2D eigenvalue weighted by Gasteiger charge is -1.99. The van der Waals surface area contributed by atoms with Crippen molar-refractivity contribution >= 4 is 18.1 Å². The quantitative estimate of drug-likeness (QED) is 0.711. The van der Waals surface area contributed by atoms with Crippen LogP contribution in [-0.4, -0.2) is 26.7 Å². The monoisotopic (exact) mass is 262 g/mol. The van der Waals surface area contributed by atoms with Crippen molar-refractivity contribution in [2.75, 3.05) is 7.11 Å². The van der Waals surface area contributed by atoms with Crippen LogP contribution in [0.15, 0.2) is 42.9 Å². The molecular formula is C12H11ClN4O. The number of imidazole rings is 1. The van der Waals surface area contributed by atoms with E-state index in [-0.39, 0.29) is 12.4 Å². The maximum Gasteiger partial charge on any atom is 0.213 e. The Morgan fingerprint density at radius 1 is 1.22 bits per heavy atom. The van der Waals surface area contributed by atoms with Gasteiger partial charge in [0.25, 0.3) is 0 Å². The highest BCUT2D eigenvalue weighted by molar-refractivity contribution is 5.85. The van der Waals surface area contributed by atoms with Crippen LogP contribution in [0.4, 0.5) is 0 Å². The molecule has 18 heavy (non-hydrogen) atoms. The highest BCUT2D eigenvalue weighted by atomic mass is 35.5. The molecule has 0 amide bonds. The zero-order chi connectivity index (χ0) is 11.7. The summed E-state index contributed by atoms with van der Waals surface area (Å²) in [5.41, 5.74) is 2.63. The summed E-state index contributed by atoms with van der Waals surface area (Å²) >= 11 is 0. The molecule has 0 aliphatic carbocycles. The van der Waals surface area contributed by atoms with Gasteiger partial charge in [-0.15, -0.1) is 12.4 Å². The third-order valence-corrected chi connectivity index (χ3v) is 2.48. The van der Waals surface area contributed by atoms with Gasteiger partial charge >= 0.3 is 0 Å². The van der Waals surface area contributed by atoms with Gasteiger partial charge in [0, 0.05) is 24.0 Å². The summed E-state index contributed by atoms with van der Waals surface area (Å²) < 4.78 is 6.83. The van der Waals surface area contributed by atoms with Crippen LogP contribution in [0.5, 0.6) is 5.88 Å². The first kappa shape index (κ1) is 12.3. The number of nitrogens with zero attached hydrogens (tertiary/aromatic N) is 4. The van der Waals surface area contributed by atoms with E-state index >= 15 is 0 Å². The van der Waals surface area contributed by atoms with Crippen molar-refractivity contribution in [3.63, 3.8) is 0 Å². The van der Waals surface area contributed by atoms with E-state index in [0.717, 1.165) is 16.9 Å². The van der Waals surface area contributed by atoms with Crippen molar-refractivity contribution in [1.82, 2.24) is 19.6 Å². The fourth-order valence-corrected chi connectivity index (χ4v) is 1.65. The minimum atomic E-state index is 0. The lowest BCUT2D eigenvalue weighted by molar-refractivity contribution is 0.398. The molecule has 0 unspecified atom stereocenters. The fraction of sp³-hybridized carbons (Fsp3) is 0.0833. The third kappa shape index (κ3) is 2.12. The van der Waals surface area contributed by atoms with Gasteiger partial charge < -0.3 is 4.74 Å². The molecule has 0 fully saturated rings. The summed E-state index contributed by atoms with van der Waals surface area (Å²) in [5, 5.41) is 4.18. The number of hydrogen-bond donors (Lipinski definition) is 0. The summed E-state index contributed by atoms with van der Waals surface area (Å²) in [6.45, 7) is 0. The van der Waals surface area contributed by atoms with Gasteiger partial charge in [-0.2, -0.15) is 5.10 Å². The Labute approximate surface area is 110 Å². The van der Waals surface area contributed by atoms with Gasteiger partial charge in [0.2, 0.25) is 5.88 Å². The van der Waals surface area contributed by atoms with Gasteiger partial charge in [-0.3, -0.25) is 0 Å². The Bertz CT molecular complexity index is 635. The van der Waals surface area contributed by atoms with Gasteiger partial charge in [0.15, 0.2) is 5.65 Å². The molecular weight excluding hydrogens is 252 g/mol. The van der Waals surface area contributed by atoms with E-state index in [9.17, 15) is 0 Å². The maximum atomic E-state index is 5.09. The zero-order valence-electron chi connectivity index (χ0n) is 9.65. The number of halogens is 1. The van der Waals surface area contributed by atoms with Crippen LogP contribution in [0.25, 0.3) is 16.9 Å². The molecule has 92 valence electrons. The molecule has 0 radical (unpaired) electrons. The molecule has 0 atom stereocenters. The second kappa shape index (κ2) is 5.01. The third-order valence-electron chi connectivity index (χ3n) is 2.48. The normalized spacial score (nSPS) is 10.1. The Balaban J connectivity index is 0.00000120. The number of hydrogen-bond acceptors (Lipinski definition) is 4. The van der Waals surface area contributed by atoms with Crippen molar-refractivity contribution in [2.24, 2.45) is 0 Å². The van der Waals surface area contributed by atoms with E-state index in [1.165, 1.54) is 0 Å². The van der Waals surface area contributed by atoms with E-state index in [1.54, 1.807) is 24.0 Å². The summed E-state index contributed by atoms with van der Waals surface area (Å²) in [4.78, 5) is 8.54. The van der Waals surface area contributed by atoms with Crippen LogP contribution in [0.2, 0.25) is 0 Å². The first-order valence-corrected chi connectivity index (χ1v) is 5.17. The molecule has 0 aliphatic heterocycles. The number of fused-ring (bicyclic) bond motifs is 1. The molecule has 0 spiro atoms. The second-order valence-corrected chi connectivity index (χ2v) is 3.54. The van der Waals surface area contributed by atoms with Gasteiger partial charge in [-0.25, -0.2) is 14.5 Å². The molecule has 0 saturated heterocycles. The Kier molecular flexibility index (Phi) is 3.43. The minimum absolute atomic E-state index is 0. The van der Waals surface area contributed by atoms with Gasteiger partial charge in [-0.1, -0.05) is 0 Å². The molecule has 3 aromatic heterocycles. The molecule has 3 rings (SSSR count). The minimum Gasteiger partial charge on any atom is -0.481 e. The van der Waals surface area contributed by atoms with Crippen LogP contribution in [0.3, 0.4) is 0 Å². The van der Waals surface area contributed by atoms with E-state index in [4.69, 9.17) is 4.74 Å². The summed E-state index contributed by atoms with van der Waals surface area (Å²) in [7, 11) is 1.59. The molecule has 0 aromatic carbocycles. The molecule has 0 saturated carbocycles. The fourth-order valence-electron chi connectivity index (χ4n) is 1.65. The zero-order valence-corrected chi connectivity index (χ0v) is 10.5. The van der Waals surface area contributed by atoms with E-state index in [1.807, 2.05) is 30.5 Å². The molecule has 3 heterocycles. The predicted octanol–water partition coefficient (Wildman–Crippen LogP) is 2.22. The first-order valence-electron chi connectivity index (χ1n) is 5.17. The molecule has 0 bridgehead atoms. The Hall–Kier alpha value is -2.14. The number of pyridine rings is 1. The van der Waals surface area contributed by atoms with E-state index in [2.05, 4.69) is 15.1 Å². The maximum absolute atomic E-state index is 5.09. The Morgan fingerprint density at radius 3 is 2.89 bits per heavy atom. The lowest BCUT2D eigenvalue weighted by Crippen LogP contribution is -1.87. The standard InChI is InChI=1S/C12H10N4O.ClH/c1-17-12-7-9(4-6-13-12)10-8-16-11(15-10)3-2-5-14-16;/h2-8H,1H3;1H. The highest BCUT2D eigenvalue weighted by Crippen LogP contribution is 2.21. The van der Waals surface area contributed by atoms with Crippen molar-refractivity contribution in [2.45, 2.75) is 0 Å². The van der Waals surface area contributed by atoms with Gasteiger partial charge in [0.05, 0.1) is 19.0 Å². The smallest absolute Gasteiger partial charge is 0.213 e. The number of methoxy groups -OCH3 is 1. The number of rotatable bonds is 2. The van der Waals surface area contributed by atoms with Crippen LogP contribution in [0, 0.1) is 0 Å². The van der Waals surface area contributed by atoms with Crippen LogP contribution in [0.1, 0.15) is 0 Å². The molecule has 5 nitrogen and oxygen atoms in total. The number of ether oxygens (including phenoxy) is 1. The highest BCUT2D eigenvalue weighted by Gasteiger charge is 2.05. The number of aromatic nitrogens is 4. The molecule has 0 aliphatic rings. The Morgan fingerprint density at radius 2 is 2.11 bits per heavy atom. The predicted molar refractivity (Wildman–Crippen MR) is 70.0 cm³/mol. The molecule has 6 heteroatoms. The topological polar surface area (TPSA) is 52.3 Å². The summed E-state index contributed by atoms with van der Waals surface area (Å²) in [6, 6.07) is 7.51. The SMILES string of the molecule is COc1cc(-c2cn3ncccc3n2)ccn1.Cl. The van der Waals surface area contributed by atoms with Crippen molar-refractivity contribution in [1.29, 1.82) is 0 Å².